The summed E-state index contributed by atoms with van der Waals surface area (Å²) >= 11 is 7.32. The molecule has 0 aromatic heterocycles. The minimum absolute atomic E-state index is 0.163. The van der Waals surface area contributed by atoms with Crippen LogP contribution in [0.15, 0.2) is 41.3 Å². The van der Waals surface area contributed by atoms with Crippen LogP contribution in [0.5, 0.6) is 11.5 Å². The average molecular weight is 533 g/mol. The van der Waals surface area contributed by atoms with Gasteiger partial charge in [-0.1, -0.05) is 30.9 Å². The van der Waals surface area contributed by atoms with Crippen molar-refractivity contribution in [1.82, 2.24) is 4.90 Å². The highest BCUT2D eigenvalue weighted by molar-refractivity contribution is 8.18. The molecule has 2 aromatic carbocycles. The van der Waals surface area contributed by atoms with Crippen molar-refractivity contribution in [1.29, 1.82) is 0 Å². The van der Waals surface area contributed by atoms with Crippen LogP contribution in [0.1, 0.15) is 37.7 Å². The SMILES string of the molecule is COc1cc(/C=C2/SC(=O)N(CC3CCCCC3)C2=O)cc(Cl)c1OCC(=O)Nc1ccc(F)cc1. The van der Waals surface area contributed by atoms with Crippen LogP contribution < -0.4 is 14.8 Å². The van der Waals surface area contributed by atoms with Crippen molar-refractivity contribution >= 4 is 52.2 Å². The molecule has 1 aliphatic carbocycles. The first kappa shape index (κ1) is 26.0. The van der Waals surface area contributed by atoms with Gasteiger partial charge in [0.15, 0.2) is 18.1 Å². The fourth-order valence-electron chi connectivity index (χ4n) is 4.27. The van der Waals surface area contributed by atoms with Crippen molar-refractivity contribution in [2.24, 2.45) is 5.92 Å². The Morgan fingerprint density at radius 1 is 1.19 bits per heavy atom. The molecule has 3 amide bonds. The lowest BCUT2D eigenvalue weighted by molar-refractivity contribution is -0.123. The van der Waals surface area contributed by atoms with Gasteiger partial charge in [0, 0.05) is 12.2 Å². The first-order chi connectivity index (χ1) is 17.3. The molecule has 4 rings (SSSR count). The Balaban J connectivity index is 1.43. The lowest BCUT2D eigenvalue weighted by atomic mass is 9.89. The second-order valence-corrected chi connectivity index (χ2v) is 10.1. The van der Waals surface area contributed by atoms with E-state index in [0.717, 1.165) is 37.4 Å². The van der Waals surface area contributed by atoms with Crippen molar-refractivity contribution in [3.05, 3.63) is 57.7 Å². The molecule has 0 unspecified atom stereocenters. The molecule has 190 valence electrons. The van der Waals surface area contributed by atoms with Crippen molar-refractivity contribution in [3.8, 4) is 11.5 Å². The van der Waals surface area contributed by atoms with Crippen molar-refractivity contribution in [2.45, 2.75) is 32.1 Å². The monoisotopic (exact) mass is 532 g/mol. The molecule has 0 bridgehead atoms. The molecule has 0 atom stereocenters. The number of imide groups is 1. The maximum Gasteiger partial charge on any atom is 0.293 e. The Hall–Kier alpha value is -3.04. The standard InChI is InChI=1S/C26H26ClFN2O5S/c1-34-21-12-17(13-22-25(32)30(26(33)36-22)14-16-5-3-2-4-6-16)11-20(27)24(21)35-15-23(31)29-19-9-7-18(28)8-10-19/h7-13,16H,2-6,14-15H2,1H3,(H,29,31)/b22-13+. The Kier molecular flexibility index (Phi) is 8.53. The predicted molar refractivity (Wildman–Crippen MR) is 138 cm³/mol. The van der Waals surface area contributed by atoms with Crippen LogP contribution >= 0.6 is 23.4 Å². The summed E-state index contributed by atoms with van der Waals surface area (Å²) in [5.74, 6) is -0.382. The summed E-state index contributed by atoms with van der Waals surface area (Å²) in [4.78, 5) is 39.3. The second-order valence-electron chi connectivity index (χ2n) is 8.67. The highest BCUT2D eigenvalue weighted by atomic mass is 35.5. The number of nitrogens with zero attached hydrogens (tertiary/aromatic N) is 1. The molecule has 10 heteroatoms. The largest absolute Gasteiger partial charge is 0.493 e. The fraction of sp³-hybridized carbons (Fsp3) is 0.346. The fourth-order valence-corrected chi connectivity index (χ4v) is 5.39. The summed E-state index contributed by atoms with van der Waals surface area (Å²) in [5.41, 5.74) is 0.985. The van der Waals surface area contributed by atoms with Crippen molar-refractivity contribution in [3.63, 3.8) is 0 Å². The molecule has 1 aliphatic heterocycles. The zero-order valence-electron chi connectivity index (χ0n) is 19.7. The lowest BCUT2D eigenvalue weighted by Crippen LogP contribution is -2.34. The number of hydrogen-bond donors (Lipinski definition) is 1. The zero-order chi connectivity index (χ0) is 25.7. The molecular weight excluding hydrogens is 507 g/mol. The minimum Gasteiger partial charge on any atom is -0.493 e. The summed E-state index contributed by atoms with van der Waals surface area (Å²) < 4.78 is 24.0. The van der Waals surface area contributed by atoms with Crippen molar-refractivity contribution < 1.29 is 28.2 Å². The van der Waals surface area contributed by atoms with Crippen LogP contribution in [-0.2, 0) is 9.59 Å². The van der Waals surface area contributed by atoms with E-state index in [1.54, 1.807) is 18.2 Å². The zero-order valence-corrected chi connectivity index (χ0v) is 21.3. The third-order valence-corrected chi connectivity index (χ3v) is 7.25. The number of rotatable bonds is 8. The van der Waals surface area contributed by atoms with Gasteiger partial charge in [-0.3, -0.25) is 19.3 Å². The second kappa shape index (κ2) is 11.8. The van der Waals surface area contributed by atoms with Crippen LogP contribution in [0, 0.1) is 11.7 Å². The number of hydrogen-bond acceptors (Lipinski definition) is 6. The number of amides is 3. The summed E-state index contributed by atoms with van der Waals surface area (Å²) in [7, 11) is 1.43. The Bertz CT molecular complexity index is 1180. The molecule has 2 aliphatic rings. The number of carbonyl (C=O) groups excluding carboxylic acids is 3. The Morgan fingerprint density at radius 3 is 2.61 bits per heavy atom. The van der Waals surface area contributed by atoms with Gasteiger partial charge in [0.25, 0.3) is 17.1 Å². The molecule has 1 heterocycles. The van der Waals surface area contributed by atoms with E-state index in [0.29, 0.717) is 28.6 Å². The van der Waals surface area contributed by atoms with Crippen molar-refractivity contribution in [2.75, 3.05) is 25.6 Å². The smallest absolute Gasteiger partial charge is 0.293 e. The van der Waals surface area contributed by atoms with E-state index in [9.17, 15) is 18.8 Å². The summed E-state index contributed by atoms with van der Waals surface area (Å²) in [5, 5.41) is 2.51. The maximum atomic E-state index is 13.0. The molecule has 0 radical (unpaired) electrons. The molecule has 36 heavy (non-hydrogen) atoms. The van der Waals surface area contributed by atoms with E-state index in [4.69, 9.17) is 21.1 Å². The van der Waals surface area contributed by atoms with Gasteiger partial charge < -0.3 is 14.8 Å². The first-order valence-corrected chi connectivity index (χ1v) is 12.8. The number of nitrogens with one attached hydrogen (secondary N) is 1. The topological polar surface area (TPSA) is 84.9 Å². The third kappa shape index (κ3) is 6.39. The quantitative estimate of drug-likeness (QED) is 0.412. The number of carbonyl (C=O) groups is 3. The van der Waals surface area contributed by atoms with E-state index in [2.05, 4.69) is 5.32 Å². The van der Waals surface area contributed by atoms with E-state index in [-0.39, 0.29) is 34.3 Å². The van der Waals surface area contributed by atoms with Gasteiger partial charge in [-0.2, -0.15) is 0 Å². The minimum atomic E-state index is -0.463. The molecule has 1 saturated heterocycles. The normalized spacial score (nSPS) is 17.5. The van der Waals surface area contributed by atoms with Crippen LogP contribution in [0.3, 0.4) is 0 Å². The summed E-state index contributed by atoms with van der Waals surface area (Å²) in [6.45, 7) is 0.103. The van der Waals surface area contributed by atoms with Gasteiger partial charge in [-0.05, 0) is 78.6 Å². The van der Waals surface area contributed by atoms with Crippen LogP contribution in [0.2, 0.25) is 5.02 Å². The molecule has 1 N–H and O–H groups in total. The lowest BCUT2D eigenvalue weighted by Gasteiger charge is -2.25. The number of halogens is 2. The van der Waals surface area contributed by atoms with Gasteiger partial charge in [0.2, 0.25) is 0 Å². The molecule has 2 fully saturated rings. The maximum absolute atomic E-state index is 13.0. The van der Waals surface area contributed by atoms with Gasteiger partial charge in [0.05, 0.1) is 17.0 Å². The third-order valence-electron chi connectivity index (χ3n) is 6.06. The number of thioether (sulfide) groups is 1. The number of anilines is 1. The van der Waals surface area contributed by atoms with Crippen LogP contribution in [-0.4, -0.2) is 42.2 Å². The summed E-state index contributed by atoms with van der Waals surface area (Å²) in [6, 6.07) is 8.54. The van der Waals surface area contributed by atoms with Crippen LogP contribution in [0.25, 0.3) is 6.08 Å². The number of ether oxygens (including phenoxy) is 2. The predicted octanol–water partition coefficient (Wildman–Crippen LogP) is 6.12. The molecule has 1 saturated carbocycles. The highest BCUT2D eigenvalue weighted by Gasteiger charge is 2.36. The van der Waals surface area contributed by atoms with E-state index in [1.165, 1.54) is 42.7 Å². The Labute approximate surface area is 218 Å². The van der Waals surface area contributed by atoms with Crippen LogP contribution in [0.4, 0.5) is 14.9 Å². The van der Waals surface area contributed by atoms with E-state index in [1.807, 2.05) is 0 Å². The number of benzene rings is 2. The molecular formula is C26H26ClFN2O5S. The first-order valence-electron chi connectivity index (χ1n) is 11.6. The van der Waals surface area contributed by atoms with E-state index >= 15 is 0 Å². The highest BCUT2D eigenvalue weighted by Crippen LogP contribution is 2.39. The van der Waals surface area contributed by atoms with Gasteiger partial charge in [0.1, 0.15) is 5.82 Å². The van der Waals surface area contributed by atoms with Gasteiger partial charge >= 0.3 is 0 Å². The average Bonchev–Trinajstić information content (AvgIpc) is 3.12. The molecule has 0 spiro atoms. The molecule has 2 aromatic rings. The summed E-state index contributed by atoms with van der Waals surface area (Å²) in [6.07, 6.45) is 7.16. The molecule has 7 nitrogen and oxygen atoms in total. The Morgan fingerprint density at radius 2 is 1.92 bits per heavy atom. The number of methoxy groups -OCH3 is 1. The van der Waals surface area contributed by atoms with E-state index < -0.39 is 11.7 Å². The van der Waals surface area contributed by atoms with Gasteiger partial charge in [-0.15, -0.1) is 0 Å². The van der Waals surface area contributed by atoms with Gasteiger partial charge in [-0.25, -0.2) is 4.39 Å².